The van der Waals surface area contributed by atoms with E-state index in [1.165, 1.54) is 12.8 Å². The first-order chi connectivity index (χ1) is 5.68. The largest absolute Gasteiger partial charge is 0.444 e. The predicted octanol–water partition coefficient (Wildman–Crippen LogP) is 1.63. The second-order valence-electron chi connectivity index (χ2n) is 4.05. The molecular weight excluding hydrogens is 154 g/mol. The first-order valence-corrected chi connectivity index (χ1v) is 4.65. The van der Waals surface area contributed by atoms with Gasteiger partial charge in [-0.3, -0.25) is 0 Å². The summed E-state index contributed by atoms with van der Waals surface area (Å²) < 4.78 is 5.22. The summed E-state index contributed by atoms with van der Waals surface area (Å²) in [6.07, 6.45) is 2.36. The number of ether oxygens (including phenoxy) is 1. The molecule has 0 aromatic heterocycles. The van der Waals surface area contributed by atoms with Crippen molar-refractivity contribution in [3.8, 4) is 0 Å². The standard InChI is InChI=1S/C9H15NO2/c1-6(2)8-5-10(7-3-4-7)9(11)12-8/h6-8H,3-5H2,1-2H3/t8-/m0/s1. The summed E-state index contributed by atoms with van der Waals surface area (Å²) in [5, 5.41) is 0. The van der Waals surface area contributed by atoms with Crippen LogP contribution in [0.5, 0.6) is 0 Å². The lowest BCUT2D eigenvalue weighted by molar-refractivity contribution is 0.112. The highest BCUT2D eigenvalue weighted by atomic mass is 16.6. The van der Waals surface area contributed by atoms with Crippen molar-refractivity contribution in [2.75, 3.05) is 6.54 Å². The fourth-order valence-electron chi connectivity index (χ4n) is 1.53. The Morgan fingerprint density at radius 1 is 1.50 bits per heavy atom. The molecule has 1 saturated heterocycles. The van der Waals surface area contributed by atoms with Crippen LogP contribution < -0.4 is 0 Å². The molecule has 1 aliphatic heterocycles. The van der Waals surface area contributed by atoms with Gasteiger partial charge in [-0.15, -0.1) is 0 Å². The van der Waals surface area contributed by atoms with Gasteiger partial charge in [0.05, 0.1) is 6.54 Å². The van der Waals surface area contributed by atoms with E-state index < -0.39 is 0 Å². The fourth-order valence-corrected chi connectivity index (χ4v) is 1.53. The van der Waals surface area contributed by atoms with Gasteiger partial charge >= 0.3 is 6.09 Å². The molecule has 12 heavy (non-hydrogen) atoms. The molecule has 0 radical (unpaired) electrons. The van der Waals surface area contributed by atoms with Crippen LogP contribution in [-0.2, 0) is 4.74 Å². The fraction of sp³-hybridized carbons (Fsp3) is 0.889. The summed E-state index contributed by atoms with van der Waals surface area (Å²) in [5.41, 5.74) is 0. The Kier molecular flexibility index (Phi) is 1.74. The normalized spacial score (nSPS) is 29.8. The van der Waals surface area contributed by atoms with Crippen molar-refractivity contribution in [1.82, 2.24) is 4.90 Å². The van der Waals surface area contributed by atoms with Crippen molar-refractivity contribution >= 4 is 6.09 Å². The average Bonchev–Trinajstić information content (AvgIpc) is 2.75. The number of carbonyl (C=O) groups is 1. The summed E-state index contributed by atoms with van der Waals surface area (Å²) in [6.45, 7) is 4.99. The maximum Gasteiger partial charge on any atom is 0.410 e. The van der Waals surface area contributed by atoms with Crippen LogP contribution in [0.1, 0.15) is 26.7 Å². The maximum absolute atomic E-state index is 11.3. The minimum atomic E-state index is -0.101. The van der Waals surface area contributed by atoms with E-state index in [4.69, 9.17) is 4.74 Å². The van der Waals surface area contributed by atoms with Gasteiger partial charge in [0.15, 0.2) is 0 Å². The van der Waals surface area contributed by atoms with Gasteiger partial charge in [-0.1, -0.05) is 13.8 Å². The topological polar surface area (TPSA) is 29.5 Å². The number of cyclic esters (lactones) is 1. The van der Waals surface area contributed by atoms with Crippen molar-refractivity contribution in [2.45, 2.75) is 38.8 Å². The van der Waals surface area contributed by atoms with E-state index in [0.29, 0.717) is 12.0 Å². The van der Waals surface area contributed by atoms with Gasteiger partial charge in [-0.2, -0.15) is 0 Å². The zero-order chi connectivity index (χ0) is 8.72. The van der Waals surface area contributed by atoms with E-state index >= 15 is 0 Å². The van der Waals surface area contributed by atoms with Gasteiger partial charge < -0.3 is 9.64 Å². The first kappa shape index (κ1) is 7.90. The van der Waals surface area contributed by atoms with Gasteiger partial charge in [-0.25, -0.2) is 4.79 Å². The summed E-state index contributed by atoms with van der Waals surface area (Å²) in [5.74, 6) is 0.442. The molecule has 1 aliphatic carbocycles. The van der Waals surface area contributed by atoms with Crippen LogP contribution in [0.25, 0.3) is 0 Å². The zero-order valence-corrected chi connectivity index (χ0v) is 7.62. The SMILES string of the molecule is CC(C)[C@@H]1CN(C2CC2)C(=O)O1. The van der Waals surface area contributed by atoms with Crippen molar-refractivity contribution in [3.05, 3.63) is 0 Å². The molecule has 1 heterocycles. The third-order valence-electron chi connectivity index (χ3n) is 2.59. The van der Waals surface area contributed by atoms with E-state index in [1.807, 2.05) is 4.90 Å². The minimum Gasteiger partial charge on any atom is -0.444 e. The van der Waals surface area contributed by atoms with Crippen LogP contribution in [0, 0.1) is 5.92 Å². The molecule has 2 aliphatic rings. The number of amides is 1. The number of hydrogen-bond acceptors (Lipinski definition) is 2. The summed E-state index contributed by atoms with van der Waals surface area (Å²) in [4.78, 5) is 13.2. The number of rotatable bonds is 2. The Hall–Kier alpha value is -0.730. The van der Waals surface area contributed by atoms with Gasteiger partial charge in [0, 0.05) is 6.04 Å². The van der Waals surface area contributed by atoms with E-state index in [2.05, 4.69) is 13.8 Å². The number of hydrogen-bond donors (Lipinski definition) is 0. The molecule has 3 heteroatoms. The summed E-state index contributed by atoms with van der Waals surface area (Å²) in [6, 6.07) is 0.501. The molecule has 2 rings (SSSR count). The van der Waals surface area contributed by atoms with Gasteiger partial charge in [0.2, 0.25) is 0 Å². The smallest absolute Gasteiger partial charge is 0.410 e. The van der Waals surface area contributed by atoms with Gasteiger partial charge in [0.1, 0.15) is 6.10 Å². The monoisotopic (exact) mass is 169 g/mol. The predicted molar refractivity (Wildman–Crippen MR) is 44.8 cm³/mol. The molecule has 0 N–H and O–H groups in total. The van der Waals surface area contributed by atoms with E-state index in [9.17, 15) is 4.79 Å². The Bertz CT molecular complexity index is 199. The molecule has 1 saturated carbocycles. The van der Waals surface area contributed by atoms with Crippen molar-refractivity contribution < 1.29 is 9.53 Å². The van der Waals surface area contributed by atoms with E-state index in [1.54, 1.807) is 0 Å². The molecule has 0 aromatic rings. The molecule has 68 valence electrons. The van der Waals surface area contributed by atoms with Crippen LogP contribution in [0.15, 0.2) is 0 Å². The average molecular weight is 169 g/mol. The van der Waals surface area contributed by atoms with Crippen LogP contribution >= 0.6 is 0 Å². The summed E-state index contributed by atoms with van der Waals surface area (Å²) in [7, 11) is 0. The molecule has 0 aromatic carbocycles. The zero-order valence-electron chi connectivity index (χ0n) is 7.62. The summed E-state index contributed by atoms with van der Waals surface area (Å²) >= 11 is 0. The quantitative estimate of drug-likeness (QED) is 0.628. The third kappa shape index (κ3) is 1.28. The van der Waals surface area contributed by atoms with Crippen LogP contribution in [-0.4, -0.2) is 29.7 Å². The van der Waals surface area contributed by atoms with Crippen LogP contribution in [0.3, 0.4) is 0 Å². The van der Waals surface area contributed by atoms with E-state index in [0.717, 1.165) is 6.54 Å². The lowest BCUT2D eigenvalue weighted by Crippen LogP contribution is -2.28. The van der Waals surface area contributed by atoms with Gasteiger partial charge in [-0.05, 0) is 18.8 Å². The van der Waals surface area contributed by atoms with Crippen molar-refractivity contribution in [2.24, 2.45) is 5.92 Å². The Morgan fingerprint density at radius 3 is 2.58 bits per heavy atom. The second-order valence-corrected chi connectivity index (χ2v) is 4.05. The molecule has 0 bridgehead atoms. The Labute approximate surface area is 72.7 Å². The van der Waals surface area contributed by atoms with E-state index in [-0.39, 0.29) is 12.2 Å². The lowest BCUT2D eigenvalue weighted by atomic mass is 10.1. The maximum atomic E-state index is 11.3. The Morgan fingerprint density at radius 2 is 2.17 bits per heavy atom. The van der Waals surface area contributed by atoms with Crippen LogP contribution in [0.2, 0.25) is 0 Å². The molecule has 0 spiro atoms. The third-order valence-corrected chi connectivity index (χ3v) is 2.59. The number of carbonyl (C=O) groups excluding carboxylic acids is 1. The molecule has 0 unspecified atom stereocenters. The highest BCUT2D eigenvalue weighted by Gasteiger charge is 2.41. The highest BCUT2D eigenvalue weighted by Crippen LogP contribution is 2.31. The highest BCUT2D eigenvalue weighted by molar-refractivity contribution is 5.70. The molecule has 3 nitrogen and oxygen atoms in total. The van der Waals surface area contributed by atoms with Crippen LogP contribution in [0.4, 0.5) is 4.79 Å². The lowest BCUT2D eigenvalue weighted by Gasteiger charge is -2.12. The molecule has 1 atom stereocenters. The second kappa shape index (κ2) is 2.64. The Balaban J connectivity index is 1.97. The molecule has 2 fully saturated rings. The minimum absolute atomic E-state index is 0.101. The first-order valence-electron chi connectivity index (χ1n) is 4.65. The van der Waals surface area contributed by atoms with Crippen molar-refractivity contribution in [3.63, 3.8) is 0 Å². The van der Waals surface area contributed by atoms with Crippen molar-refractivity contribution in [1.29, 1.82) is 0 Å². The molecule has 1 amide bonds. The number of nitrogens with zero attached hydrogens (tertiary/aromatic N) is 1. The molecular formula is C9H15NO2. The van der Waals surface area contributed by atoms with Gasteiger partial charge in [0.25, 0.3) is 0 Å².